The standard InChI is InChI=1S/C14H19ClN2O2S/c1-14(2,3)17-10-6-5-7-11(20(4,18)19)13(10)16-12(17)8-9-15/h5-7H,8-9H2,1-4H3. The number of sulfone groups is 1. The van der Waals surface area contributed by atoms with E-state index in [2.05, 4.69) is 30.3 Å². The molecule has 6 heteroatoms. The van der Waals surface area contributed by atoms with Gasteiger partial charge in [-0.15, -0.1) is 11.6 Å². The van der Waals surface area contributed by atoms with Crippen molar-refractivity contribution >= 4 is 32.5 Å². The van der Waals surface area contributed by atoms with Crippen molar-refractivity contribution in [2.24, 2.45) is 0 Å². The van der Waals surface area contributed by atoms with Gasteiger partial charge in [0.15, 0.2) is 9.84 Å². The van der Waals surface area contributed by atoms with Crippen molar-refractivity contribution in [3.05, 3.63) is 24.0 Å². The van der Waals surface area contributed by atoms with Crippen LogP contribution < -0.4 is 0 Å². The average molecular weight is 315 g/mol. The molecule has 110 valence electrons. The number of fused-ring (bicyclic) bond motifs is 1. The number of alkyl halides is 1. The lowest BCUT2D eigenvalue weighted by atomic mass is 10.1. The lowest BCUT2D eigenvalue weighted by Crippen LogP contribution is -2.24. The molecule has 4 nitrogen and oxygen atoms in total. The van der Waals surface area contributed by atoms with Gasteiger partial charge in [0.25, 0.3) is 0 Å². The van der Waals surface area contributed by atoms with Gasteiger partial charge in [0.2, 0.25) is 0 Å². The van der Waals surface area contributed by atoms with Gasteiger partial charge in [-0.2, -0.15) is 0 Å². The molecule has 0 aliphatic carbocycles. The molecule has 1 aromatic heterocycles. The third-order valence-corrected chi connectivity index (χ3v) is 4.42. The van der Waals surface area contributed by atoms with Gasteiger partial charge < -0.3 is 4.57 Å². The minimum atomic E-state index is -3.30. The van der Waals surface area contributed by atoms with Gasteiger partial charge in [-0.25, -0.2) is 13.4 Å². The molecule has 2 rings (SSSR count). The normalized spacial score (nSPS) is 13.1. The number of benzene rings is 1. The quantitative estimate of drug-likeness (QED) is 0.818. The van der Waals surface area contributed by atoms with Crippen molar-refractivity contribution in [2.45, 2.75) is 37.6 Å². The van der Waals surface area contributed by atoms with Gasteiger partial charge in [-0.3, -0.25) is 0 Å². The molecule has 0 atom stereocenters. The highest BCUT2D eigenvalue weighted by Gasteiger charge is 2.24. The Kier molecular flexibility index (Phi) is 3.86. The number of rotatable bonds is 3. The summed E-state index contributed by atoms with van der Waals surface area (Å²) in [5, 5.41) is 0. The number of para-hydroxylation sites is 1. The highest BCUT2D eigenvalue weighted by Crippen LogP contribution is 2.29. The van der Waals surface area contributed by atoms with Crippen molar-refractivity contribution in [3.63, 3.8) is 0 Å². The first-order valence-corrected chi connectivity index (χ1v) is 8.85. The van der Waals surface area contributed by atoms with Crippen molar-refractivity contribution < 1.29 is 8.42 Å². The van der Waals surface area contributed by atoms with E-state index >= 15 is 0 Å². The zero-order chi connectivity index (χ0) is 15.1. The van der Waals surface area contributed by atoms with Crippen molar-refractivity contribution in [3.8, 4) is 0 Å². The molecule has 1 heterocycles. The first kappa shape index (κ1) is 15.3. The molecule has 0 amide bonds. The van der Waals surface area contributed by atoms with Crippen LogP contribution in [0.1, 0.15) is 26.6 Å². The van der Waals surface area contributed by atoms with E-state index in [0.29, 0.717) is 17.8 Å². The topological polar surface area (TPSA) is 52.0 Å². The van der Waals surface area contributed by atoms with E-state index in [4.69, 9.17) is 11.6 Å². The average Bonchev–Trinajstić information content (AvgIpc) is 2.64. The number of halogens is 1. The van der Waals surface area contributed by atoms with Crippen LogP contribution in [0.3, 0.4) is 0 Å². The minimum Gasteiger partial charge on any atom is -0.323 e. The monoisotopic (exact) mass is 314 g/mol. The van der Waals surface area contributed by atoms with Gasteiger partial charge in [-0.05, 0) is 32.9 Å². The van der Waals surface area contributed by atoms with Crippen LogP contribution in [0.15, 0.2) is 23.1 Å². The molecular formula is C14H19ClN2O2S. The van der Waals surface area contributed by atoms with Crippen molar-refractivity contribution in [1.29, 1.82) is 0 Å². The third-order valence-electron chi connectivity index (χ3n) is 3.11. The SMILES string of the molecule is CC(C)(C)n1c(CCCl)nc2c(S(C)(=O)=O)cccc21. The predicted octanol–water partition coefficient (Wildman–Crippen LogP) is 2.98. The fraction of sp³-hybridized carbons (Fsp3) is 0.500. The van der Waals surface area contributed by atoms with Crippen LogP contribution in [-0.2, 0) is 21.8 Å². The Hall–Kier alpha value is -1.07. The lowest BCUT2D eigenvalue weighted by Gasteiger charge is -2.24. The molecule has 0 aliphatic rings. The van der Waals surface area contributed by atoms with E-state index < -0.39 is 9.84 Å². The summed E-state index contributed by atoms with van der Waals surface area (Å²) < 4.78 is 25.9. The zero-order valence-corrected chi connectivity index (χ0v) is 13.7. The van der Waals surface area contributed by atoms with E-state index in [1.807, 2.05) is 6.07 Å². The molecule has 2 aromatic rings. The van der Waals surface area contributed by atoms with E-state index in [1.54, 1.807) is 12.1 Å². The molecule has 0 N–H and O–H groups in total. The first-order chi connectivity index (χ1) is 9.16. The van der Waals surface area contributed by atoms with Gasteiger partial charge in [0.05, 0.1) is 10.4 Å². The fourth-order valence-electron chi connectivity index (χ4n) is 2.42. The van der Waals surface area contributed by atoms with Gasteiger partial charge in [0.1, 0.15) is 11.3 Å². The number of hydrogen-bond acceptors (Lipinski definition) is 3. The Morgan fingerprint density at radius 1 is 1.30 bits per heavy atom. The smallest absolute Gasteiger partial charge is 0.177 e. The maximum Gasteiger partial charge on any atom is 0.177 e. The second kappa shape index (κ2) is 5.04. The summed E-state index contributed by atoms with van der Waals surface area (Å²) in [5.41, 5.74) is 1.18. The van der Waals surface area contributed by atoms with Crippen molar-refractivity contribution in [2.75, 3.05) is 12.1 Å². The van der Waals surface area contributed by atoms with E-state index in [9.17, 15) is 8.42 Å². The van der Waals surface area contributed by atoms with Crippen LogP contribution in [0.25, 0.3) is 11.0 Å². The van der Waals surface area contributed by atoms with Crippen LogP contribution in [-0.4, -0.2) is 30.1 Å². The third kappa shape index (κ3) is 2.69. The number of aromatic nitrogens is 2. The summed E-state index contributed by atoms with van der Waals surface area (Å²) in [6.07, 6.45) is 1.82. The molecule has 0 fully saturated rings. The summed E-state index contributed by atoms with van der Waals surface area (Å²) in [6, 6.07) is 5.26. The fourth-order valence-corrected chi connectivity index (χ4v) is 3.42. The first-order valence-electron chi connectivity index (χ1n) is 6.43. The van der Waals surface area contributed by atoms with Gasteiger partial charge in [-0.1, -0.05) is 6.07 Å². The Morgan fingerprint density at radius 2 is 1.95 bits per heavy atom. The highest BCUT2D eigenvalue weighted by atomic mass is 35.5. The summed E-state index contributed by atoms with van der Waals surface area (Å²) in [5.74, 6) is 1.27. The number of hydrogen-bond donors (Lipinski definition) is 0. The van der Waals surface area contributed by atoms with Crippen LogP contribution in [0, 0.1) is 0 Å². The maximum absolute atomic E-state index is 11.9. The molecule has 0 spiro atoms. The molecule has 0 bridgehead atoms. The molecule has 20 heavy (non-hydrogen) atoms. The summed E-state index contributed by atoms with van der Waals surface area (Å²) in [6.45, 7) is 6.21. The molecule has 0 unspecified atom stereocenters. The van der Waals surface area contributed by atoms with Gasteiger partial charge in [0, 0.05) is 24.1 Å². The minimum absolute atomic E-state index is 0.188. The largest absolute Gasteiger partial charge is 0.323 e. The summed E-state index contributed by atoms with van der Waals surface area (Å²) >= 11 is 5.84. The Labute approximate surface area is 124 Å². The van der Waals surface area contributed by atoms with Crippen LogP contribution in [0.5, 0.6) is 0 Å². The predicted molar refractivity (Wildman–Crippen MR) is 82.3 cm³/mol. The molecule has 0 saturated heterocycles. The number of aryl methyl sites for hydroxylation is 1. The van der Waals surface area contributed by atoms with Gasteiger partial charge >= 0.3 is 0 Å². The number of imidazole rings is 1. The summed E-state index contributed by atoms with van der Waals surface area (Å²) in [7, 11) is -3.30. The molecule has 0 aliphatic heterocycles. The molecular weight excluding hydrogens is 296 g/mol. The zero-order valence-electron chi connectivity index (χ0n) is 12.1. The Balaban J connectivity index is 2.88. The Bertz CT molecular complexity index is 742. The summed E-state index contributed by atoms with van der Waals surface area (Å²) in [4.78, 5) is 4.81. The lowest BCUT2D eigenvalue weighted by molar-refractivity contribution is 0.395. The Morgan fingerprint density at radius 3 is 2.45 bits per heavy atom. The van der Waals surface area contributed by atoms with Crippen LogP contribution >= 0.6 is 11.6 Å². The second-order valence-corrected chi connectivity index (χ2v) is 8.23. The number of nitrogens with zero attached hydrogens (tertiary/aromatic N) is 2. The molecule has 1 aromatic carbocycles. The molecule has 0 saturated carbocycles. The van der Waals surface area contributed by atoms with E-state index in [1.165, 1.54) is 6.26 Å². The van der Waals surface area contributed by atoms with E-state index in [-0.39, 0.29) is 10.4 Å². The van der Waals surface area contributed by atoms with Crippen LogP contribution in [0.4, 0.5) is 0 Å². The second-order valence-electron chi connectivity index (χ2n) is 5.87. The van der Waals surface area contributed by atoms with E-state index in [0.717, 1.165) is 11.3 Å². The van der Waals surface area contributed by atoms with Crippen LogP contribution in [0.2, 0.25) is 0 Å². The maximum atomic E-state index is 11.9. The molecule has 0 radical (unpaired) electrons. The highest BCUT2D eigenvalue weighted by molar-refractivity contribution is 7.91. The van der Waals surface area contributed by atoms with Crippen molar-refractivity contribution in [1.82, 2.24) is 9.55 Å².